The molecule has 20 heavy (non-hydrogen) atoms. The lowest BCUT2D eigenvalue weighted by Crippen LogP contribution is -2.00. The molecule has 0 heterocycles. The van der Waals surface area contributed by atoms with Gasteiger partial charge < -0.3 is 0 Å². The first kappa shape index (κ1) is 19.7. The zero-order chi connectivity index (χ0) is 15.2. The quantitative estimate of drug-likeness (QED) is 0.288. The molecule has 0 N–H and O–H groups in total. The number of hydrogen-bond donors (Lipinski definition) is 0. The summed E-state index contributed by atoms with van der Waals surface area (Å²) < 4.78 is 0. The molecular weight excluding hydrogens is 240 g/mol. The third-order valence-corrected chi connectivity index (χ3v) is 4.73. The predicted octanol–water partition coefficient (Wildman–Crippen LogP) is 7.54. The Labute approximate surface area is 129 Å². The lowest BCUT2D eigenvalue weighted by molar-refractivity contribution is 0.407. The summed E-state index contributed by atoms with van der Waals surface area (Å²) in [7, 11) is 0. The van der Waals surface area contributed by atoms with Gasteiger partial charge in [0.25, 0.3) is 0 Å². The summed E-state index contributed by atoms with van der Waals surface area (Å²) in [5.74, 6) is 1.85. The topological polar surface area (TPSA) is 0 Å². The molecule has 0 rings (SSSR count). The van der Waals surface area contributed by atoms with E-state index in [4.69, 9.17) is 0 Å². The van der Waals surface area contributed by atoms with Crippen LogP contribution in [0.3, 0.4) is 0 Å². The standard InChI is InChI=1S/C20H40/c1-6-9-12-18(4)16-17-19(5)13-11-15-20(8-3)14-10-7-2/h18,20H,5-17H2,1-4H3. The molecule has 120 valence electrons. The zero-order valence-corrected chi connectivity index (χ0v) is 14.8. The summed E-state index contributed by atoms with van der Waals surface area (Å²) in [6.07, 6.45) is 16.3. The Morgan fingerprint density at radius 3 is 2.00 bits per heavy atom. The maximum absolute atomic E-state index is 4.29. The number of unbranched alkanes of at least 4 members (excludes halogenated alkanes) is 2. The van der Waals surface area contributed by atoms with Crippen LogP contribution < -0.4 is 0 Å². The smallest absolute Gasteiger partial charge is 0.0320 e. The Hall–Kier alpha value is -0.260. The Morgan fingerprint density at radius 1 is 0.800 bits per heavy atom. The van der Waals surface area contributed by atoms with Crippen molar-refractivity contribution in [1.82, 2.24) is 0 Å². The molecule has 0 heteroatoms. The second-order valence-corrected chi connectivity index (χ2v) is 6.84. The van der Waals surface area contributed by atoms with Crippen LogP contribution >= 0.6 is 0 Å². The molecule has 0 bridgehead atoms. The third-order valence-electron chi connectivity index (χ3n) is 4.73. The van der Waals surface area contributed by atoms with Gasteiger partial charge in [0.15, 0.2) is 0 Å². The molecule has 0 fully saturated rings. The van der Waals surface area contributed by atoms with Gasteiger partial charge >= 0.3 is 0 Å². The van der Waals surface area contributed by atoms with Crippen LogP contribution in [0.2, 0.25) is 0 Å². The van der Waals surface area contributed by atoms with Crippen molar-refractivity contribution in [3.8, 4) is 0 Å². The van der Waals surface area contributed by atoms with E-state index in [0.29, 0.717) is 0 Å². The SMILES string of the molecule is C=C(CCCC(CC)CCCC)CCC(C)CCCC. The molecule has 0 aliphatic rings. The predicted molar refractivity (Wildman–Crippen MR) is 94.2 cm³/mol. The highest BCUT2D eigenvalue weighted by Gasteiger charge is 2.07. The van der Waals surface area contributed by atoms with Gasteiger partial charge in [-0.1, -0.05) is 91.2 Å². The summed E-state index contributed by atoms with van der Waals surface area (Å²) in [5.41, 5.74) is 1.50. The first-order valence-electron chi connectivity index (χ1n) is 9.30. The first-order chi connectivity index (χ1) is 9.63. The van der Waals surface area contributed by atoms with E-state index in [2.05, 4.69) is 34.3 Å². The van der Waals surface area contributed by atoms with Crippen molar-refractivity contribution in [2.75, 3.05) is 0 Å². The van der Waals surface area contributed by atoms with Crippen molar-refractivity contribution in [2.24, 2.45) is 11.8 Å². The van der Waals surface area contributed by atoms with Crippen LogP contribution in [-0.2, 0) is 0 Å². The molecule has 0 aliphatic heterocycles. The largest absolute Gasteiger partial charge is 0.0999 e. The Morgan fingerprint density at radius 2 is 1.40 bits per heavy atom. The lowest BCUT2D eigenvalue weighted by Gasteiger charge is -2.15. The normalized spacial score (nSPS) is 14.2. The average Bonchev–Trinajstić information content (AvgIpc) is 2.46. The van der Waals surface area contributed by atoms with E-state index in [1.807, 2.05) is 0 Å². The number of rotatable bonds is 14. The van der Waals surface area contributed by atoms with Crippen molar-refractivity contribution in [3.63, 3.8) is 0 Å². The molecule has 0 aromatic heterocycles. The molecule has 0 radical (unpaired) electrons. The summed E-state index contributed by atoms with van der Waals surface area (Å²) in [4.78, 5) is 0. The van der Waals surface area contributed by atoms with E-state index in [0.717, 1.165) is 11.8 Å². The fourth-order valence-corrected chi connectivity index (χ4v) is 2.96. The molecule has 0 aromatic rings. The molecule has 0 nitrogen and oxygen atoms in total. The van der Waals surface area contributed by atoms with Crippen molar-refractivity contribution in [3.05, 3.63) is 12.2 Å². The van der Waals surface area contributed by atoms with Crippen molar-refractivity contribution in [2.45, 2.75) is 105 Å². The van der Waals surface area contributed by atoms with Crippen molar-refractivity contribution in [1.29, 1.82) is 0 Å². The Bertz CT molecular complexity index is 216. The maximum atomic E-state index is 4.29. The maximum Gasteiger partial charge on any atom is -0.0320 e. The Kier molecular flexibility index (Phi) is 13.5. The lowest BCUT2D eigenvalue weighted by atomic mass is 9.91. The molecule has 0 saturated carbocycles. The fourth-order valence-electron chi connectivity index (χ4n) is 2.96. The minimum absolute atomic E-state index is 0.889. The monoisotopic (exact) mass is 280 g/mol. The molecule has 2 unspecified atom stereocenters. The average molecular weight is 281 g/mol. The van der Waals surface area contributed by atoms with Gasteiger partial charge in [0.05, 0.1) is 0 Å². The van der Waals surface area contributed by atoms with Crippen LogP contribution in [0, 0.1) is 11.8 Å². The number of allylic oxidation sites excluding steroid dienone is 1. The Balaban J connectivity index is 3.61. The summed E-state index contributed by atoms with van der Waals surface area (Å²) >= 11 is 0. The van der Waals surface area contributed by atoms with Crippen molar-refractivity contribution < 1.29 is 0 Å². The minimum atomic E-state index is 0.889. The van der Waals surface area contributed by atoms with E-state index >= 15 is 0 Å². The highest BCUT2D eigenvalue weighted by Crippen LogP contribution is 2.23. The minimum Gasteiger partial charge on any atom is -0.0999 e. The molecule has 0 aromatic carbocycles. The van der Waals surface area contributed by atoms with Crippen LogP contribution in [0.25, 0.3) is 0 Å². The van der Waals surface area contributed by atoms with Crippen LogP contribution in [0.4, 0.5) is 0 Å². The van der Waals surface area contributed by atoms with Gasteiger partial charge in [-0.25, -0.2) is 0 Å². The van der Waals surface area contributed by atoms with E-state index in [1.165, 1.54) is 82.6 Å². The zero-order valence-electron chi connectivity index (χ0n) is 14.8. The molecule has 0 spiro atoms. The summed E-state index contributed by atoms with van der Waals surface area (Å²) in [6.45, 7) is 13.6. The van der Waals surface area contributed by atoms with Crippen LogP contribution in [-0.4, -0.2) is 0 Å². The summed E-state index contributed by atoms with van der Waals surface area (Å²) in [6, 6.07) is 0. The fraction of sp³-hybridized carbons (Fsp3) is 0.900. The van der Waals surface area contributed by atoms with E-state index < -0.39 is 0 Å². The van der Waals surface area contributed by atoms with Gasteiger partial charge in [0.2, 0.25) is 0 Å². The van der Waals surface area contributed by atoms with Gasteiger partial charge in [-0.2, -0.15) is 0 Å². The van der Waals surface area contributed by atoms with Crippen molar-refractivity contribution >= 4 is 0 Å². The second kappa shape index (κ2) is 13.7. The highest BCUT2D eigenvalue weighted by molar-refractivity contribution is 4.94. The van der Waals surface area contributed by atoms with Gasteiger partial charge in [0.1, 0.15) is 0 Å². The first-order valence-corrected chi connectivity index (χ1v) is 9.30. The van der Waals surface area contributed by atoms with E-state index in [1.54, 1.807) is 0 Å². The number of hydrogen-bond acceptors (Lipinski definition) is 0. The second-order valence-electron chi connectivity index (χ2n) is 6.84. The molecular formula is C20H40. The van der Waals surface area contributed by atoms with Gasteiger partial charge in [-0.05, 0) is 37.5 Å². The third kappa shape index (κ3) is 11.6. The van der Waals surface area contributed by atoms with E-state index in [-0.39, 0.29) is 0 Å². The highest BCUT2D eigenvalue weighted by atomic mass is 14.1. The molecule has 2 atom stereocenters. The van der Waals surface area contributed by atoms with Gasteiger partial charge in [-0.3, -0.25) is 0 Å². The summed E-state index contributed by atoms with van der Waals surface area (Å²) in [5, 5.41) is 0. The molecule has 0 amide bonds. The van der Waals surface area contributed by atoms with Crippen LogP contribution in [0.1, 0.15) is 105 Å². The van der Waals surface area contributed by atoms with E-state index in [9.17, 15) is 0 Å². The molecule has 0 saturated heterocycles. The van der Waals surface area contributed by atoms with Crippen LogP contribution in [0.15, 0.2) is 12.2 Å². The molecule has 0 aliphatic carbocycles. The van der Waals surface area contributed by atoms with Gasteiger partial charge in [-0.15, -0.1) is 0 Å². The van der Waals surface area contributed by atoms with Crippen LogP contribution in [0.5, 0.6) is 0 Å². The van der Waals surface area contributed by atoms with Gasteiger partial charge in [0, 0.05) is 0 Å².